The summed E-state index contributed by atoms with van der Waals surface area (Å²) in [5.41, 5.74) is 0.862. The van der Waals surface area contributed by atoms with E-state index < -0.39 is 0 Å². The topological polar surface area (TPSA) is 43.1 Å². The summed E-state index contributed by atoms with van der Waals surface area (Å²) in [6.45, 7) is 1.87. The van der Waals surface area contributed by atoms with Gasteiger partial charge in [-0.1, -0.05) is 11.8 Å². The minimum absolute atomic E-state index is 0.334. The lowest BCUT2D eigenvalue weighted by molar-refractivity contribution is -0.117. The lowest BCUT2D eigenvalue weighted by Crippen LogP contribution is -2.02. The number of hydrogen-bond acceptors (Lipinski definition) is 4. The summed E-state index contributed by atoms with van der Waals surface area (Å²) in [4.78, 5) is 15.4. The number of nitrogens with zero attached hydrogens (tertiary/aromatic N) is 1. The average molecular weight is 197 g/mol. The maximum atomic E-state index is 11.3. The minimum Gasteiger partial charge on any atom is -0.440 e. The Bertz CT molecular complexity index is 317. The van der Waals surface area contributed by atoms with E-state index in [-0.39, 0.29) is 0 Å². The van der Waals surface area contributed by atoms with Crippen molar-refractivity contribution in [2.45, 2.75) is 25.0 Å². The molecule has 13 heavy (non-hydrogen) atoms. The molecule has 0 unspecified atom stereocenters. The van der Waals surface area contributed by atoms with Crippen LogP contribution in [0.25, 0.3) is 0 Å². The number of ketones is 1. The van der Waals surface area contributed by atoms with E-state index in [0.717, 1.165) is 18.5 Å². The molecule has 2 rings (SSSR count). The van der Waals surface area contributed by atoms with Crippen molar-refractivity contribution in [3.05, 3.63) is 12.0 Å². The molecule has 0 aliphatic heterocycles. The number of aryl methyl sites for hydroxylation is 1. The van der Waals surface area contributed by atoms with Gasteiger partial charge in [0.05, 0.1) is 11.4 Å². The molecular formula is C9H11NO2S. The Hall–Kier alpha value is -0.770. The highest BCUT2D eigenvalue weighted by molar-refractivity contribution is 7.99. The van der Waals surface area contributed by atoms with E-state index in [1.54, 1.807) is 6.26 Å². The van der Waals surface area contributed by atoms with Crippen LogP contribution in [-0.2, 0) is 4.79 Å². The Labute approximate surface area is 80.9 Å². The van der Waals surface area contributed by atoms with Gasteiger partial charge in [0.25, 0.3) is 5.22 Å². The number of carbonyl (C=O) groups is 1. The van der Waals surface area contributed by atoms with E-state index in [2.05, 4.69) is 4.98 Å². The van der Waals surface area contributed by atoms with E-state index in [1.165, 1.54) is 11.8 Å². The predicted molar refractivity (Wildman–Crippen MR) is 49.7 cm³/mol. The molecular weight excluding hydrogens is 186 g/mol. The first kappa shape index (κ1) is 8.81. The molecule has 1 heterocycles. The van der Waals surface area contributed by atoms with Gasteiger partial charge in [-0.05, 0) is 19.8 Å². The first-order valence-electron chi connectivity index (χ1n) is 4.33. The average Bonchev–Trinajstić information content (AvgIpc) is 2.87. The van der Waals surface area contributed by atoms with Gasteiger partial charge in [-0.2, -0.15) is 0 Å². The molecule has 1 fully saturated rings. The number of hydrogen-bond donors (Lipinski definition) is 0. The fourth-order valence-electron chi connectivity index (χ4n) is 1.05. The molecule has 1 aromatic heterocycles. The first-order chi connectivity index (χ1) is 6.25. The minimum atomic E-state index is 0.334. The van der Waals surface area contributed by atoms with Gasteiger partial charge in [0, 0.05) is 5.92 Å². The molecule has 3 nitrogen and oxygen atoms in total. The van der Waals surface area contributed by atoms with E-state index in [4.69, 9.17) is 4.42 Å². The van der Waals surface area contributed by atoms with Crippen LogP contribution in [0.15, 0.2) is 15.9 Å². The van der Waals surface area contributed by atoms with Crippen LogP contribution in [0.5, 0.6) is 0 Å². The van der Waals surface area contributed by atoms with Crippen LogP contribution < -0.4 is 0 Å². The molecule has 1 saturated carbocycles. The Morgan fingerprint density at radius 1 is 1.77 bits per heavy atom. The van der Waals surface area contributed by atoms with Crippen molar-refractivity contribution in [1.82, 2.24) is 4.98 Å². The normalized spacial score (nSPS) is 16.1. The Morgan fingerprint density at radius 3 is 3.08 bits per heavy atom. The molecule has 4 heteroatoms. The fourth-order valence-corrected chi connectivity index (χ4v) is 1.88. The molecule has 0 spiro atoms. The van der Waals surface area contributed by atoms with Crippen LogP contribution in [0, 0.1) is 12.8 Å². The van der Waals surface area contributed by atoms with Gasteiger partial charge in [0.15, 0.2) is 0 Å². The monoisotopic (exact) mass is 197 g/mol. The van der Waals surface area contributed by atoms with Crippen molar-refractivity contribution in [2.24, 2.45) is 5.92 Å². The number of aromatic nitrogens is 1. The van der Waals surface area contributed by atoms with Gasteiger partial charge < -0.3 is 4.42 Å². The quantitative estimate of drug-likeness (QED) is 0.693. The van der Waals surface area contributed by atoms with Crippen LogP contribution in [0.3, 0.4) is 0 Å². The molecule has 1 aliphatic rings. The third kappa shape index (κ3) is 2.34. The highest BCUT2D eigenvalue weighted by Gasteiger charge is 2.29. The molecule has 0 amide bonds. The lowest BCUT2D eigenvalue weighted by Gasteiger charge is -1.93. The van der Waals surface area contributed by atoms with Crippen molar-refractivity contribution in [3.8, 4) is 0 Å². The van der Waals surface area contributed by atoms with Gasteiger partial charge in [-0.3, -0.25) is 4.79 Å². The molecule has 0 atom stereocenters. The first-order valence-corrected chi connectivity index (χ1v) is 5.32. The molecule has 0 saturated heterocycles. The molecule has 70 valence electrons. The van der Waals surface area contributed by atoms with Gasteiger partial charge in [0.1, 0.15) is 12.0 Å². The van der Waals surface area contributed by atoms with E-state index in [1.807, 2.05) is 6.92 Å². The summed E-state index contributed by atoms with van der Waals surface area (Å²) < 4.78 is 5.11. The molecule has 0 aromatic carbocycles. The van der Waals surface area contributed by atoms with Crippen LogP contribution >= 0.6 is 11.8 Å². The molecule has 1 aliphatic carbocycles. The summed E-state index contributed by atoms with van der Waals surface area (Å²) in [5.74, 6) is 1.18. The van der Waals surface area contributed by atoms with Crippen molar-refractivity contribution < 1.29 is 9.21 Å². The van der Waals surface area contributed by atoms with Crippen LogP contribution in [0.2, 0.25) is 0 Å². The Morgan fingerprint density at radius 2 is 2.54 bits per heavy atom. The number of thioether (sulfide) groups is 1. The van der Waals surface area contributed by atoms with Crippen molar-refractivity contribution in [1.29, 1.82) is 0 Å². The zero-order valence-corrected chi connectivity index (χ0v) is 8.26. The summed E-state index contributed by atoms with van der Waals surface area (Å²) in [6, 6.07) is 0. The third-order valence-electron chi connectivity index (χ3n) is 1.97. The van der Waals surface area contributed by atoms with Crippen LogP contribution in [0.1, 0.15) is 18.5 Å². The van der Waals surface area contributed by atoms with Crippen molar-refractivity contribution in [3.63, 3.8) is 0 Å². The largest absolute Gasteiger partial charge is 0.440 e. The standard InChI is InChI=1S/C9H11NO2S/c1-6-4-12-9(10-6)13-5-8(11)7-2-3-7/h4,7H,2-3,5H2,1H3. The van der Waals surface area contributed by atoms with E-state index in [0.29, 0.717) is 22.7 Å². The van der Waals surface area contributed by atoms with Gasteiger partial charge in [-0.25, -0.2) is 4.98 Å². The lowest BCUT2D eigenvalue weighted by atomic mass is 10.3. The molecule has 1 aromatic rings. The predicted octanol–water partition coefficient (Wildman–Crippen LogP) is 2.05. The number of oxazole rings is 1. The Balaban J connectivity index is 1.81. The zero-order chi connectivity index (χ0) is 9.26. The summed E-state index contributed by atoms with van der Waals surface area (Å²) >= 11 is 1.39. The SMILES string of the molecule is Cc1coc(SCC(=O)C2CC2)n1. The second-order valence-corrected chi connectivity index (χ2v) is 4.21. The summed E-state index contributed by atoms with van der Waals surface area (Å²) in [7, 11) is 0. The zero-order valence-electron chi connectivity index (χ0n) is 7.45. The number of rotatable bonds is 4. The number of carbonyl (C=O) groups excluding carboxylic acids is 1. The fraction of sp³-hybridized carbons (Fsp3) is 0.556. The van der Waals surface area contributed by atoms with E-state index in [9.17, 15) is 4.79 Å². The van der Waals surface area contributed by atoms with Gasteiger partial charge in [0.2, 0.25) is 0 Å². The summed E-state index contributed by atoms with van der Waals surface area (Å²) in [6.07, 6.45) is 3.75. The highest BCUT2D eigenvalue weighted by atomic mass is 32.2. The molecule has 0 N–H and O–H groups in total. The molecule has 0 radical (unpaired) electrons. The van der Waals surface area contributed by atoms with Crippen molar-refractivity contribution >= 4 is 17.5 Å². The second kappa shape index (κ2) is 3.54. The third-order valence-corrected chi connectivity index (χ3v) is 2.83. The van der Waals surface area contributed by atoms with Crippen molar-refractivity contribution in [2.75, 3.05) is 5.75 Å². The second-order valence-electron chi connectivity index (χ2n) is 3.28. The Kier molecular flexibility index (Phi) is 2.40. The maximum Gasteiger partial charge on any atom is 0.256 e. The van der Waals surface area contributed by atoms with Gasteiger partial charge >= 0.3 is 0 Å². The maximum absolute atomic E-state index is 11.3. The molecule has 0 bridgehead atoms. The van der Waals surface area contributed by atoms with Gasteiger partial charge in [-0.15, -0.1) is 0 Å². The summed E-state index contributed by atoms with van der Waals surface area (Å²) in [5, 5.41) is 0.603. The van der Waals surface area contributed by atoms with Crippen LogP contribution in [-0.4, -0.2) is 16.5 Å². The smallest absolute Gasteiger partial charge is 0.256 e. The number of Topliss-reactive ketones (excluding diaryl/α,β-unsaturated/α-hetero) is 1. The highest BCUT2D eigenvalue weighted by Crippen LogP contribution is 2.31. The van der Waals surface area contributed by atoms with E-state index >= 15 is 0 Å². The van der Waals surface area contributed by atoms with Crippen LogP contribution in [0.4, 0.5) is 0 Å².